The normalized spacial score (nSPS) is 11.4. The number of carbonyl (C=O) groups is 1. The predicted octanol–water partition coefficient (Wildman–Crippen LogP) is 4.87. The molecule has 0 saturated heterocycles. The summed E-state index contributed by atoms with van der Waals surface area (Å²) in [5.74, 6) is -0.0563. The van der Waals surface area contributed by atoms with Gasteiger partial charge in [-0.2, -0.15) is 0 Å². The second-order valence-electron chi connectivity index (χ2n) is 6.07. The Balaban J connectivity index is 1.94. The summed E-state index contributed by atoms with van der Waals surface area (Å²) < 4.78 is 2.13. The van der Waals surface area contributed by atoms with Gasteiger partial charge in [-0.1, -0.05) is 60.7 Å². The summed E-state index contributed by atoms with van der Waals surface area (Å²) in [6.07, 6.45) is 0. The Hall–Kier alpha value is -3.46. The summed E-state index contributed by atoms with van der Waals surface area (Å²) in [7, 11) is 0. The highest BCUT2D eigenvalue weighted by Crippen LogP contribution is 2.27. The van der Waals surface area contributed by atoms with Gasteiger partial charge in [-0.05, 0) is 24.3 Å². The Kier molecular flexibility index (Phi) is 2.94. The third-order valence-electron chi connectivity index (χ3n) is 4.56. The van der Waals surface area contributed by atoms with Crippen molar-refractivity contribution in [3.05, 3.63) is 96.2 Å². The van der Waals surface area contributed by atoms with E-state index in [1.807, 2.05) is 72.8 Å². The zero-order chi connectivity index (χ0) is 16.8. The highest BCUT2D eigenvalue weighted by atomic mass is 16.1. The SMILES string of the molecule is O=C(c1ccccc1)c1nc2ccccc2n2c1cc1ccccc12. The quantitative estimate of drug-likeness (QED) is 0.434. The third-order valence-corrected chi connectivity index (χ3v) is 4.56. The van der Waals surface area contributed by atoms with Gasteiger partial charge in [0.25, 0.3) is 0 Å². The van der Waals surface area contributed by atoms with Crippen molar-refractivity contribution in [1.29, 1.82) is 0 Å². The van der Waals surface area contributed by atoms with Crippen molar-refractivity contribution in [3.8, 4) is 0 Å². The number of fused-ring (bicyclic) bond motifs is 5. The summed E-state index contributed by atoms with van der Waals surface area (Å²) >= 11 is 0. The number of benzene rings is 3. The number of hydrogen-bond acceptors (Lipinski definition) is 2. The Labute approximate surface area is 144 Å². The Bertz CT molecular complexity index is 1250. The van der Waals surface area contributed by atoms with E-state index in [4.69, 9.17) is 4.98 Å². The lowest BCUT2D eigenvalue weighted by Gasteiger charge is -2.08. The molecular formula is C22H14N2O. The van der Waals surface area contributed by atoms with Gasteiger partial charge in [0.1, 0.15) is 5.69 Å². The van der Waals surface area contributed by atoms with Crippen molar-refractivity contribution in [3.63, 3.8) is 0 Å². The Morgan fingerprint density at radius 2 is 1.40 bits per heavy atom. The maximum Gasteiger partial charge on any atom is 0.213 e. The van der Waals surface area contributed by atoms with Gasteiger partial charge in [-0.25, -0.2) is 4.98 Å². The van der Waals surface area contributed by atoms with E-state index >= 15 is 0 Å². The minimum Gasteiger partial charge on any atom is -0.305 e. The molecule has 0 spiro atoms. The second kappa shape index (κ2) is 5.28. The fourth-order valence-electron chi connectivity index (χ4n) is 3.41. The number of nitrogens with zero attached hydrogens (tertiary/aromatic N) is 2. The number of aromatic nitrogens is 2. The molecule has 2 aromatic heterocycles. The number of ketones is 1. The highest BCUT2D eigenvalue weighted by Gasteiger charge is 2.18. The standard InChI is InChI=1S/C22H14N2O/c25-22(15-8-2-1-3-9-15)21-20-14-16-10-4-6-12-18(16)24(20)19-13-7-5-11-17(19)23-21/h1-14H. The molecule has 0 unspecified atom stereocenters. The van der Waals surface area contributed by atoms with E-state index in [2.05, 4.69) is 16.5 Å². The molecule has 0 aliphatic rings. The summed E-state index contributed by atoms with van der Waals surface area (Å²) in [5, 5.41) is 1.10. The average molecular weight is 322 g/mol. The van der Waals surface area contributed by atoms with Crippen LogP contribution >= 0.6 is 0 Å². The summed E-state index contributed by atoms with van der Waals surface area (Å²) in [4.78, 5) is 17.8. The number of carbonyl (C=O) groups excluding carboxylic acids is 1. The predicted molar refractivity (Wildman–Crippen MR) is 100 cm³/mol. The molecule has 5 rings (SSSR count). The molecular weight excluding hydrogens is 308 g/mol. The zero-order valence-electron chi connectivity index (χ0n) is 13.4. The number of para-hydroxylation sites is 3. The summed E-state index contributed by atoms with van der Waals surface area (Å²) in [6, 6.07) is 27.5. The van der Waals surface area contributed by atoms with Crippen molar-refractivity contribution in [2.45, 2.75) is 0 Å². The van der Waals surface area contributed by atoms with E-state index < -0.39 is 0 Å². The molecule has 0 amide bonds. The van der Waals surface area contributed by atoms with Crippen LogP contribution in [0.15, 0.2) is 84.9 Å². The molecule has 0 saturated carbocycles. The molecule has 118 valence electrons. The van der Waals surface area contributed by atoms with Crippen molar-refractivity contribution in [2.75, 3.05) is 0 Å². The van der Waals surface area contributed by atoms with Crippen LogP contribution in [0.1, 0.15) is 16.1 Å². The molecule has 2 heterocycles. The first kappa shape index (κ1) is 13.9. The Morgan fingerprint density at radius 1 is 0.720 bits per heavy atom. The van der Waals surface area contributed by atoms with E-state index in [0.29, 0.717) is 11.3 Å². The van der Waals surface area contributed by atoms with Gasteiger partial charge >= 0.3 is 0 Å². The smallest absolute Gasteiger partial charge is 0.213 e. The van der Waals surface area contributed by atoms with Crippen LogP contribution in [0.2, 0.25) is 0 Å². The van der Waals surface area contributed by atoms with Crippen molar-refractivity contribution < 1.29 is 4.79 Å². The van der Waals surface area contributed by atoms with Crippen LogP contribution in [-0.2, 0) is 0 Å². The van der Waals surface area contributed by atoms with Crippen LogP contribution < -0.4 is 0 Å². The largest absolute Gasteiger partial charge is 0.305 e. The van der Waals surface area contributed by atoms with Crippen LogP contribution in [-0.4, -0.2) is 15.2 Å². The van der Waals surface area contributed by atoms with Crippen LogP contribution in [0.25, 0.3) is 27.5 Å². The molecule has 25 heavy (non-hydrogen) atoms. The molecule has 0 aliphatic heterocycles. The molecule has 5 aromatic rings. The van der Waals surface area contributed by atoms with Crippen LogP contribution in [0.3, 0.4) is 0 Å². The first-order valence-corrected chi connectivity index (χ1v) is 8.21. The molecule has 0 N–H and O–H groups in total. The lowest BCUT2D eigenvalue weighted by molar-refractivity contribution is 0.103. The fourth-order valence-corrected chi connectivity index (χ4v) is 3.41. The third kappa shape index (κ3) is 2.06. The van der Waals surface area contributed by atoms with E-state index in [1.165, 1.54) is 0 Å². The first-order chi connectivity index (χ1) is 12.3. The lowest BCUT2D eigenvalue weighted by atomic mass is 10.1. The maximum atomic E-state index is 13.1. The van der Waals surface area contributed by atoms with Gasteiger partial charge < -0.3 is 4.40 Å². The summed E-state index contributed by atoms with van der Waals surface area (Å²) in [6.45, 7) is 0. The number of rotatable bonds is 2. The monoisotopic (exact) mass is 322 g/mol. The van der Waals surface area contributed by atoms with Crippen LogP contribution in [0.5, 0.6) is 0 Å². The zero-order valence-corrected chi connectivity index (χ0v) is 13.4. The molecule has 0 radical (unpaired) electrons. The van der Waals surface area contributed by atoms with E-state index in [1.54, 1.807) is 0 Å². The second-order valence-corrected chi connectivity index (χ2v) is 6.07. The van der Waals surface area contributed by atoms with Crippen LogP contribution in [0, 0.1) is 0 Å². The molecule has 0 fully saturated rings. The summed E-state index contributed by atoms with van der Waals surface area (Å²) in [5.41, 5.74) is 4.88. The molecule has 0 aliphatic carbocycles. The topological polar surface area (TPSA) is 34.4 Å². The minimum atomic E-state index is -0.0563. The average Bonchev–Trinajstić information content (AvgIpc) is 3.07. The van der Waals surface area contributed by atoms with E-state index in [-0.39, 0.29) is 5.78 Å². The molecule has 3 heteroatoms. The molecule has 3 nitrogen and oxygen atoms in total. The van der Waals surface area contributed by atoms with Gasteiger partial charge in [0.2, 0.25) is 5.78 Å². The van der Waals surface area contributed by atoms with Gasteiger partial charge in [0, 0.05) is 10.9 Å². The van der Waals surface area contributed by atoms with Crippen LogP contribution in [0.4, 0.5) is 0 Å². The molecule has 0 bridgehead atoms. The fraction of sp³-hybridized carbons (Fsp3) is 0. The molecule has 3 aromatic carbocycles. The Morgan fingerprint density at radius 3 is 2.24 bits per heavy atom. The highest BCUT2D eigenvalue weighted by molar-refractivity contribution is 6.14. The van der Waals surface area contributed by atoms with Crippen molar-refractivity contribution >= 4 is 33.2 Å². The van der Waals surface area contributed by atoms with Gasteiger partial charge in [-0.15, -0.1) is 0 Å². The maximum absolute atomic E-state index is 13.1. The van der Waals surface area contributed by atoms with Crippen molar-refractivity contribution in [2.24, 2.45) is 0 Å². The minimum absolute atomic E-state index is 0.0563. The lowest BCUT2D eigenvalue weighted by Crippen LogP contribution is -2.07. The van der Waals surface area contributed by atoms with Gasteiger partial charge in [-0.3, -0.25) is 4.79 Å². The molecule has 0 atom stereocenters. The van der Waals surface area contributed by atoms with Gasteiger partial charge in [0.15, 0.2) is 0 Å². The first-order valence-electron chi connectivity index (χ1n) is 8.21. The van der Waals surface area contributed by atoms with Crippen molar-refractivity contribution in [1.82, 2.24) is 9.38 Å². The number of hydrogen-bond donors (Lipinski definition) is 0. The van der Waals surface area contributed by atoms with E-state index in [0.717, 1.165) is 27.5 Å². The van der Waals surface area contributed by atoms with E-state index in [9.17, 15) is 4.79 Å². The van der Waals surface area contributed by atoms with Gasteiger partial charge in [0.05, 0.1) is 22.1 Å².